The van der Waals surface area contributed by atoms with E-state index in [1.54, 1.807) is 18.2 Å². The smallest absolute Gasteiger partial charge is 0.192 e. The van der Waals surface area contributed by atoms with E-state index in [0.717, 1.165) is 55.6 Å². The average molecular weight is 557 g/mol. The Bertz CT molecular complexity index is 910. The number of aliphatic imine (C=N–C) groups is 1. The molecule has 0 atom stereocenters. The van der Waals surface area contributed by atoms with E-state index in [0.29, 0.717) is 19.1 Å². The van der Waals surface area contributed by atoms with Crippen molar-refractivity contribution in [2.75, 3.05) is 26.7 Å². The minimum Gasteiger partial charge on any atom is -0.494 e. The van der Waals surface area contributed by atoms with E-state index >= 15 is 0 Å². The molecule has 10 heteroatoms. The van der Waals surface area contributed by atoms with Gasteiger partial charge in [-0.2, -0.15) is 0 Å². The van der Waals surface area contributed by atoms with Crippen LogP contribution in [-0.2, 0) is 20.1 Å². The molecule has 1 aliphatic heterocycles. The lowest BCUT2D eigenvalue weighted by Crippen LogP contribution is -2.48. The quantitative estimate of drug-likeness (QED) is 0.225. The largest absolute Gasteiger partial charge is 0.494 e. The van der Waals surface area contributed by atoms with Crippen LogP contribution in [-0.4, -0.2) is 58.4 Å². The third-order valence-electron chi connectivity index (χ3n) is 5.53. The number of aromatic nitrogens is 3. The van der Waals surface area contributed by atoms with Gasteiger partial charge in [0.25, 0.3) is 0 Å². The Morgan fingerprint density at radius 2 is 2.09 bits per heavy atom. The molecule has 0 spiro atoms. The Kier molecular flexibility index (Phi) is 10.4. The summed E-state index contributed by atoms with van der Waals surface area (Å²) in [6.07, 6.45) is 3.77. The van der Waals surface area contributed by atoms with Crippen molar-refractivity contribution in [3.05, 3.63) is 53.9 Å². The van der Waals surface area contributed by atoms with Crippen molar-refractivity contribution in [3.63, 3.8) is 0 Å². The average Bonchev–Trinajstić information content (AvgIpc) is 3.09. The second-order valence-electron chi connectivity index (χ2n) is 7.72. The Morgan fingerprint density at radius 3 is 2.69 bits per heavy atom. The van der Waals surface area contributed by atoms with Gasteiger partial charge in [0, 0.05) is 39.3 Å². The van der Waals surface area contributed by atoms with Crippen LogP contribution in [0.3, 0.4) is 0 Å². The normalized spacial score (nSPS) is 15.2. The van der Waals surface area contributed by atoms with Gasteiger partial charge in [0.1, 0.15) is 12.4 Å². The minimum absolute atomic E-state index is 0. The number of piperidine rings is 1. The van der Waals surface area contributed by atoms with Crippen molar-refractivity contribution in [1.82, 2.24) is 30.3 Å². The van der Waals surface area contributed by atoms with Gasteiger partial charge in [0.15, 0.2) is 23.4 Å². The van der Waals surface area contributed by atoms with Gasteiger partial charge in [0.05, 0.1) is 7.11 Å². The third-order valence-corrected chi connectivity index (χ3v) is 5.53. The molecular weight excluding hydrogens is 524 g/mol. The number of rotatable bonds is 8. The first-order valence-electron chi connectivity index (χ1n) is 10.6. The topological polar surface area (TPSA) is 79.6 Å². The fourth-order valence-electron chi connectivity index (χ4n) is 3.56. The summed E-state index contributed by atoms with van der Waals surface area (Å²) in [6.45, 7) is 9.37. The molecule has 2 aromatic rings. The van der Waals surface area contributed by atoms with Crippen LogP contribution in [0.15, 0.2) is 35.8 Å². The van der Waals surface area contributed by atoms with Gasteiger partial charge in [-0.1, -0.05) is 12.1 Å². The Hall–Kier alpha value is -2.21. The molecule has 2 N–H and O–H groups in total. The van der Waals surface area contributed by atoms with Gasteiger partial charge in [-0.05, 0) is 37.5 Å². The van der Waals surface area contributed by atoms with Crippen molar-refractivity contribution in [2.45, 2.75) is 38.9 Å². The van der Waals surface area contributed by atoms with Gasteiger partial charge in [0.2, 0.25) is 0 Å². The number of benzene rings is 1. The summed E-state index contributed by atoms with van der Waals surface area (Å²) in [5.41, 5.74) is 0.957. The zero-order valence-corrected chi connectivity index (χ0v) is 21.3. The number of ether oxygens (including phenoxy) is 1. The van der Waals surface area contributed by atoms with Crippen molar-refractivity contribution in [1.29, 1.82) is 0 Å². The maximum absolute atomic E-state index is 13.9. The second kappa shape index (κ2) is 12.7. The van der Waals surface area contributed by atoms with Gasteiger partial charge in [-0.3, -0.25) is 4.90 Å². The Labute approximate surface area is 206 Å². The van der Waals surface area contributed by atoms with Crippen molar-refractivity contribution >= 4 is 29.9 Å². The molecule has 8 nitrogen and oxygen atoms in total. The van der Waals surface area contributed by atoms with E-state index in [9.17, 15) is 4.39 Å². The number of guanidine groups is 1. The zero-order valence-electron chi connectivity index (χ0n) is 19.0. The number of nitrogens with zero attached hydrogens (tertiary/aromatic N) is 5. The molecule has 0 bridgehead atoms. The summed E-state index contributed by atoms with van der Waals surface area (Å²) in [5.74, 6) is 2.39. The van der Waals surface area contributed by atoms with Crippen molar-refractivity contribution < 1.29 is 9.13 Å². The van der Waals surface area contributed by atoms with Crippen LogP contribution in [0.2, 0.25) is 0 Å². The molecule has 1 aromatic heterocycles. The standard InChI is InChI=1S/C22H32FN7O.HI/c1-5-10-24-22(25-14-21-28-27-16(2)29(21)3)26-18-8-11-30(12-9-18)15-17-6-7-20(31-4)19(23)13-17;/h5-7,13,18H,1,8-12,14-15H2,2-4H3,(H2,24,25,26);1H. The summed E-state index contributed by atoms with van der Waals surface area (Å²) in [6, 6.07) is 5.48. The molecule has 0 unspecified atom stereocenters. The summed E-state index contributed by atoms with van der Waals surface area (Å²) < 4.78 is 20.9. The zero-order chi connectivity index (χ0) is 22.2. The van der Waals surface area contributed by atoms with E-state index in [1.165, 1.54) is 7.11 Å². The van der Waals surface area contributed by atoms with E-state index in [1.807, 2.05) is 24.6 Å². The molecule has 0 radical (unpaired) electrons. The molecule has 1 aliphatic rings. The first-order valence-corrected chi connectivity index (χ1v) is 10.6. The number of methoxy groups -OCH3 is 1. The van der Waals surface area contributed by atoms with Crippen LogP contribution in [0.5, 0.6) is 5.75 Å². The van der Waals surface area contributed by atoms with Gasteiger partial charge in [-0.15, -0.1) is 40.8 Å². The molecule has 0 aliphatic carbocycles. The maximum atomic E-state index is 13.9. The molecule has 176 valence electrons. The fraction of sp³-hybridized carbons (Fsp3) is 0.500. The van der Waals surface area contributed by atoms with Crippen LogP contribution in [0.4, 0.5) is 4.39 Å². The van der Waals surface area contributed by atoms with Crippen LogP contribution in [0, 0.1) is 12.7 Å². The predicted molar refractivity (Wildman–Crippen MR) is 135 cm³/mol. The summed E-state index contributed by atoms with van der Waals surface area (Å²) in [5, 5.41) is 15.1. The highest BCUT2D eigenvalue weighted by Crippen LogP contribution is 2.20. The molecule has 2 heterocycles. The lowest BCUT2D eigenvalue weighted by molar-refractivity contribution is 0.198. The number of aryl methyl sites for hydroxylation is 1. The van der Waals surface area contributed by atoms with Gasteiger partial charge < -0.3 is 19.9 Å². The van der Waals surface area contributed by atoms with Crippen molar-refractivity contribution in [3.8, 4) is 5.75 Å². The van der Waals surface area contributed by atoms with Gasteiger partial charge >= 0.3 is 0 Å². The molecular formula is C22H33FIN7O. The van der Waals surface area contributed by atoms with Crippen LogP contribution in [0.25, 0.3) is 0 Å². The first-order chi connectivity index (χ1) is 15.0. The van der Waals surface area contributed by atoms with Gasteiger partial charge in [-0.25, -0.2) is 9.38 Å². The monoisotopic (exact) mass is 557 g/mol. The molecule has 1 fully saturated rings. The van der Waals surface area contributed by atoms with E-state index < -0.39 is 0 Å². The highest BCUT2D eigenvalue weighted by Gasteiger charge is 2.20. The summed E-state index contributed by atoms with van der Waals surface area (Å²) in [7, 11) is 3.42. The van der Waals surface area contributed by atoms with Crippen LogP contribution in [0.1, 0.15) is 30.1 Å². The minimum atomic E-state index is -0.316. The SMILES string of the molecule is C=CCNC(=NCc1nnc(C)n1C)NC1CCN(Cc2ccc(OC)c(F)c2)CC1.I. The highest BCUT2D eigenvalue weighted by molar-refractivity contribution is 14.0. The third kappa shape index (κ3) is 7.16. The number of hydrogen-bond donors (Lipinski definition) is 2. The van der Waals surface area contributed by atoms with Crippen molar-refractivity contribution in [2.24, 2.45) is 12.0 Å². The fourth-order valence-corrected chi connectivity index (χ4v) is 3.56. The predicted octanol–water partition coefficient (Wildman–Crippen LogP) is 2.78. The molecule has 0 saturated carbocycles. The molecule has 0 amide bonds. The highest BCUT2D eigenvalue weighted by atomic mass is 127. The van der Waals surface area contributed by atoms with E-state index in [2.05, 4.69) is 37.3 Å². The molecule has 32 heavy (non-hydrogen) atoms. The number of likely N-dealkylation sites (tertiary alicyclic amines) is 1. The Balaban J connectivity index is 0.00000363. The molecule has 1 saturated heterocycles. The molecule has 1 aromatic carbocycles. The lowest BCUT2D eigenvalue weighted by atomic mass is 10.0. The number of halogens is 2. The second-order valence-corrected chi connectivity index (χ2v) is 7.72. The summed E-state index contributed by atoms with van der Waals surface area (Å²) >= 11 is 0. The lowest BCUT2D eigenvalue weighted by Gasteiger charge is -2.33. The van der Waals surface area contributed by atoms with Crippen LogP contribution >= 0.6 is 24.0 Å². The van der Waals surface area contributed by atoms with E-state index in [-0.39, 0.29) is 35.5 Å². The van der Waals surface area contributed by atoms with E-state index in [4.69, 9.17) is 4.74 Å². The van der Waals surface area contributed by atoms with Crippen LogP contribution < -0.4 is 15.4 Å². The maximum Gasteiger partial charge on any atom is 0.192 e. The number of nitrogens with one attached hydrogen (secondary N) is 2. The number of hydrogen-bond acceptors (Lipinski definition) is 5. The first kappa shape index (κ1) is 26.0. The Morgan fingerprint density at radius 1 is 1.34 bits per heavy atom. The molecule has 3 rings (SSSR count). The summed E-state index contributed by atoms with van der Waals surface area (Å²) in [4.78, 5) is 7.01.